The first-order chi connectivity index (χ1) is 9.47. The molecule has 1 aromatic heterocycles. The summed E-state index contributed by atoms with van der Waals surface area (Å²) in [4.78, 5) is 16.5. The van der Waals surface area contributed by atoms with E-state index in [9.17, 15) is 9.90 Å². The van der Waals surface area contributed by atoms with Crippen molar-refractivity contribution in [3.05, 3.63) is 16.9 Å². The smallest absolute Gasteiger partial charge is 0.247 e. The van der Waals surface area contributed by atoms with Crippen LogP contribution in [0.1, 0.15) is 19.9 Å². The predicted molar refractivity (Wildman–Crippen MR) is 79.3 cm³/mol. The third-order valence-electron chi connectivity index (χ3n) is 3.53. The van der Waals surface area contributed by atoms with Crippen molar-refractivity contribution < 1.29 is 9.90 Å². The molecule has 1 aliphatic rings. The summed E-state index contributed by atoms with van der Waals surface area (Å²) >= 11 is 3.34. The molecule has 1 amide bonds. The van der Waals surface area contributed by atoms with Gasteiger partial charge >= 0.3 is 0 Å². The molecule has 1 fully saturated rings. The number of nitrogens with zero attached hydrogens (tertiary/aromatic N) is 4. The molecule has 0 aromatic carbocycles. The van der Waals surface area contributed by atoms with Crippen LogP contribution in [0.2, 0.25) is 0 Å². The first kappa shape index (κ1) is 15.5. The lowest BCUT2D eigenvalue weighted by Gasteiger charge is -2.36. The summed E-state index contributed by atoms with van der Waals surface area (Å²) in [6, 6.07) is -0.287. The standard InChI is InChI=1S/C13H21BrN4O2/c1-10(19)8-16-3-5-17(6-4-16)13(20)11(2)18-9-12(14)7-15-18/h7,9-11,19H,3-6,8H2,1-2H3/t10-,11+/m1/s1. The number of carbonyl (C=O) groups excluding carboxylic acids is 1. The van der Waals surface area contributed by atoms with Gasteiger partial charge in [0.1, 0.15) is 6.04 Å². The Morgan fingerprint density at radius 3 is 2.55 bits per heavy atom. The molecule has 1 aromatic rings. The van der Waals surface area contributed by atoms with Crippen LogP contribution in [0, 0.1) is 0 Å². The van der Waals surface area contributed by atoms with E-state index >= 15 is 0 Å². The summed E-state index contributed by atoms with van der Waals surface area (Å²) in [5.41, 5.74) is 0. The van der Waals surface area contributed by atoms with Gasteiger partial charge in [-0.3, -0.25) is 14.4 Å². The van der Waals surface area contributed by atoms with Gasteiger partial charge in [-0.15, -0.1) is 0 Å². The molecule has 112 valence electrons. The molecular weight excluding hydrogens is 324 g/mol. The highest BCUT2D eigenvalue weighted by Gasteiger charge is 2.26. The van der Waals surface area contributed by atoms with Crippen LogP contribution in [0.15, 0.2) is 16.9 Å². The molecule has 1 saturated heterocycles. The third-order valence-corrected chi connectivity index (χ3v) is 3.94. The lowest BCUT2D eigenvalue weighted by molar-refractivity contribution is -0.136. The highest BCUT2D eigenvalue weighted by molar-refractivity contribution is 9.10. The summed E-state index contributed by atoms with van der Waals surface area (Å²) in [7, 11) is 0. The molecule has 2 rings (SSSR count). The summed E-state index contributed by atoms with van der Waals surface area (Å²) in [6.07, 6.45) is 3.17. The average molecular weight is 345 g/mol. The number of aromatic nitrogens is 2. The van der Waals surface area contributed by atoms with Crippen LogP contribution in [0.25, 0.3) is 0 Å². The average Bonchev–Trinajstić information content (AvgIpc) is 2.84. The maximum absolute atomic E-state index is 12.4. The topological polar surface area (TPSA) is 61.6 Å². The third kappa shape index (κ3) is 3.80. The minimum Gasteiger partial charge on any atom is -0.392 e. The summed E-state index contributed by atoms with van der Waals surface area (Å²) in [5, 5.41) is 13.5. The number of hydrogen-bond acceptors (Lipinski definition) is 4. The van der Waals surface area contributed by atoms with Crippen molar-refractivity contribution in [2.45, 2.75) is 26.0 Å². The van der Waals surface area contributed by atoms with E-state index in [-0.39, 0.29) is 18.1 Å². The zero-order valence-electron chi connectivity index (χ0n) is 11.9. The lowest BCUT2D eigenvalue weighted by atomic mass is 10.2. The molecule has 1 N–H and O–H groups in total. The van der Waals surface area contributed by atoms with Crippen molar-refractivity contribution in [2.24, 2.45) is 0 Å². The number of amides is 1. The Morgan fingerprint density at radius 1 is 1.40 bits per heavy atom. The summed E-state index contributed by atoms with van der Waals surface area (Å²) in [6.45, 7) is 7.36. The quantitative estimate of drug-likeness (QED) is 0.874. The van der Waals surface area contributed by atoms with Crippen molar-refractivity contribution in [3.63, 3.8) is 0 Å². The predicted octanol–water partition coefficient (Wildman–Crippen LogP) is 0.732. The van der Waals surface area contributed by atoms with Crippen LogP contribution in [-0.2, 0) is 4.79 Å². The zero-order valence-corrected chi connectivity index (χ0v) is 13.5. The van der Waals surface area contributed by atoms with Crippen molar-refractivity contribution in [1.29, 1.82) is 0 Å². The molecule has 0 bridgehead atoms. The van der Waals surface area contributed by atoms with Crippen LogP contribution in [-0.4, -0.2) is 69.4 Å². The number of β-amino-alcohol motifs (C(OH)–C–C–N with tert-alkyl or cyclic N) is 1. The fraction of sp³-hybridized carbons (Fsp3) is 0.692. The summed E-state index contributed by atoms with van der Waals surface area (Å²) in [5.74, 6) is 0.0947. The number of carbonyl (C=O) groups is 1. The van der Waals surface area contributed by atoms with Crippen molar-refractivity contribution in [3.8, 4) is 0 Å². The SMILES string of the molecule is C[C@@H](O)CN1CCN(C(=O)[C@H](C)n2cc(Br)cn2)CC1. The highest BCUT2D eigenvalue weighted by Crippen LogP contribution is 2.15. The van der Waals surface area contributed by atoms with Gasteiger partial charge < -0.3 is 10.0 Å². The molecule has 0 aliphatic carbocycles. The molecule has 0 unspecified atom stereocenters. The van der Waals surface area contributed by atoms with E-state index in [0.717, 1.165) is 17.6 Å². The Labute approximate surface area is 127 Å². The molecule has 2 heterocycles. The second-order valence-electron chi connectivity index (χ2n) is 5.29. The first-order valence-electron chi connectivity index (χ1n) is 6.86. The molecule has 0 radical (unpaired) electrons. The Kier molecular flexibility index (Phi) is 5.17. The largest absolute Gasteiger partial charge is 0.392 e. The molecular formula is C13H21BrN4O2. The van der Waals surface area contributed by atoms with Crippen LogP contribution < -0.4 is 0 Å². The zero-order chi connectivity index (χ0) is 14.7. The van der Waals surface area contributed by atoms with Gasteiger partial charge in [0.25, 0.3) is 0 Å². The molecule has 0 saturated carbocycles. The maximum Gasteiger partial charge on any atom is 0.247 e. The van der Waals surface area contributed by atoms with E-state index < -0.39 is 0 Å². The van der Waals surface area contributed by atoms with Gasteiger partial charge in [0.05, 0.1) is 16.8 Å². The first-order valence-corrected chi connectivity index (χ1v) is 7.65. The molecule has 0 spiro atoms. The molecule has 2 atom stereocenters. The van der Waals surface area contributed by atoms with E-state index in [1.165, 1.54) is 0 Å². The van der Waals surface area contributed by atoms with Gasteiger partial charge in [-0.25, -0.2) is 0 Å². The Balaban J connectivity index is 1.88. The van der Waals surface area contributed by atoms with Gasteiger partial charge in [-0.05, 0) is 29.8 Å². The highest BCUT2D eigenvalue weighted by atomic mass is 79.9. The maximum atomic E-state index is 12.4. The van der Waals surface area contributed by atoms with E-state index in [0.29, 0.717) is 19.6 Å². The number of aliphatic hydroxyl groups excluding tert-OH is 1. The molecule has 20 heavy (non-hydrogen) atoms. The Hall–Kier alpha value is -0.920. The number of halogens is 1. The van der Waals surface area contributed by atoms with Gasteiger partial charge in [-0.2, -0.15) is 5.10 Å². The van der Waals surface area contributed by atoms with Gasteiger partial charge in [-0.1, -0.05) is 0 Å². The number of piperazine rings is 1. The van der Waals surface area contributed by atoms with Gasteiger partial charge in [0.15, 0.2) is 0 Å². The van der Waals surface area contributed by atoms with Crippen LogP contribution in [0.5, 0.6) is 0 Å². The normalized spacial score (nSPS) is 19.9. The molecule has 6 nitrogen and oxygen atoms in total. The van der Waals surface area contributed by atoms with Crippen molar-refractivity contribution >= 4 is 21.8 Å². The van der Waals surface area contributed by atoms with E-state index in [2.05, 4.69) is 25.9 Å². The van der Waals surface area contributed by atoms with E-state index in [4.69, 9.17) is 0 Å². The monoisotopic (exact) mass is 344 g/mol. The minimum atomic E-state index is -0.322. The Morgan fingerprint density at radius 2 is 2.05 bits per heavy atom. The Bertz CT molecular complexity index is 455. The summed E-state index contributed by atoms with van der Waals surface area (Å²) < 4.78 is 2.55. The van der Waals surface area contributed by atoms with Crippen molar-refractivity contribution in [1.82, 2.24) is 19.6 Å². The fourth-order valence-electron chi connectivity index (χ4n) is 2.43. The van der Waals surface area contributed by atoms with Crippen LogP contribution in [0.3, 0.4) is 0 Å². The second-order valence-corrected chi connectivity index (χ2v) is 6.21. The van der Waals surface area contributed by atoms with Crippen LogP contribution in [0.4, 0.5) is 0 Å². The van der Waals surface area contributed by atoms with Crippen LogP contribution >= 0.6 is 15.9 Å². The second kappa shape index (κ2) is 6.69. The van der Waals surface area contributed by atoms with Crippen molar-refractivity contribution in [2.75, 3.05) is 32.7 Å². The van der Waals surface area contributed by atoms with E-state index in [1.54, 1.807) is 17.8 Å². The number of hydrogen-bond donors (Lipinski definition) is 1. The molecule has 7 heteroatoms. The number of aliphatic hydroxyl groups is 1. The molecule has 1 aliphatic heterocycles. The van der Waals surface area contributed by atoms with E-state index in [1.807, 2.05) is 18.0 Å². The van der Waals surface area contributed by atoms with Gasteiger partial charge in [0, 0.05) is 38.9 Å². The minimum absolute atomic E-state index is 0.0947. The van der Waals surface area contributed by atoms with Gasteiger partial charge in [0.2, 0.25) is 5.91 Å². The lowest BCUT2D eigenvalue weighted by Crippen LogP contribution is -2.51. The fourth-order valence-corrected chi connectivity index (χ4v) is 2.73. The number of rotatable bonds is 4.